The molecule has 0 heterocycles. The van der Waals surface area contributed by atoms with Crippen LogP contribution in [0.1, 0.15) is 20.3 Å². The Balaban J connectivity index is -0.000000315. The molecule has 2 aromatic rings. The summed E-state index contributed by atoms with van der Waals surface area (Å²) in [5.41, 5.74) is 0. The second-order valence-corrected chi connectivity index (χ2v) is 11.9. The number of hydrogen-bond acceptors (Lipinski definition) is 4. The van der Waals surface area contributed by atoms with Gasteiger partial charge in [0.2, 0.25) is 0 Å². The van der Waals surface area contributed by atoms with Crippen LogP contribution >= 0.6 is 15.8 Å². The Morgan fingerprint density at radius 1 is 0.600 bits per heavy atom. The molecule has 0 aliphatic heterocycles. The van der Waals surface area contributed by atoms with E-state index in [1.54, 1.807) is 12.1 Å². The van der Waals surface area contributed by atoms with Gasteiger partial charge in [-0.2, -0.15) is 10.5 Å². The van der Waals surface area contributed by atoms with Crippen LogP contribution in [0.15, 0.2) is 60.7 Å². The largest absolute Gasteiger partial charge is 2.00 e. The van der Waals surface area contributed by atoms with E-state index in [2.05, 4.69) is 48.5 Å². The third kappa shape index (κ3) is 38.6. The van der Waals surface area contributed by atoms with Gasteiger partial charge in [0.1, 0.15) is 0 Å². The molecule has 2 N–H and O–H groups in total. The Kier molecular flexibility index (Phi) is 32.9. The van der Waals surface area contributed by atoms with Gasteiger partial charge in [-0.25, -0.2) is 0 Å². The Morgan fingerprint density at radius 3 is 1.02 bits per heavy atom. The zero-order valence-electron chi connectivity index (χ0n) is 21.9. The predicted octanol–water partition coefficient (Wildman–Crippen LogP) is 6.63. The zero-order chi connectivity index (χ0) is 30.7. The van der Waals surface area contributed by atoms with Crippen molar-refractivity contribution in [2.75, 3.05) is 37.9 Å². The van der Waals surface area contributed by atoms with Crippen molar-refractivity contribution < 1.29 is 65.2 Å². The Hall–Kier alpha value is -1.57. The number of nitriles is 2. The molecule has 0 aliphatic carbocycles. The van der Waals surface area contributed by atoms with Crippen molar-refractivity contribution in [1.29, 1.82) is 10.5 Å². The van der Waals surface area contributed by atoms with Crippen LogP contribution in [0.3, 0.4) is 0 Å². The summed E-state index contributed by atoms with van der Waals surface area (Å²) in [6.45, 7) is 3.40. The SMILES string of the molecule is CC#N.CC#N.F[B-](F)(F)F.F[B-](F)(F)F.OCCP(CCCP(CCO)c1ccccc1)c1ccccc1.[Pd+2]. The number of rotatable bonds is 10. The van der Waals surface area contributed by atoms with Gasteiger partial charge in [0.05, 0.1) is 12.1 Å². The average molecular weight is 710 g/mol. The first-order chi connectivity index (χ1) is 18.2. The third-order valence-corrected chi connectivity index (χ3v) is 9.09. The fourth-order valence-corrected chi connectivity index (χ4v) is 7.19. The van der Waals surface area contributed by atoms with Crippen molar-refractivity contribution in [3.05, 3.63) is 60.7 Å². The molecule has 228 valence electrons. The van der Waals surface area contributed by atoms with Gasteiger partial charge in [0.15, 0.2) is 0 Å². The molecule has 0 aromatic heterocycles. The standard InChI is InChI=1S/C19H26O2P2.2C2H3N.2BF4.Pd/c20-12-16-22(18-8-3-1-4-9-18)14-7-15-23(17-13-21)19-10-5-2-6-11-19;2*1-2-3;2*2-1(3,4)5;/h1-6,8-11,20-21H,7,12-17H2;2*1H3;;;/q;;;2*-1;+2. The number of halogens is 8. The minimum atomic E-state index is -6.00. The molecule has 2 rings (SSSR count). The molecule has 0 aliphatic rings. The minimum absolute atomic E-state index is 0. The van der Waals surface area contributed by atoms with E-state index in [1.165, 1.54) is 30.9 Å². The van der Waals surface area contributed by atoms with Crippen LogP contribution in [-0.4, -0.2) is 62.6 Å². The number of benzene rings is 2. The van der Waals surface area contributed by atoms with Gasteiger partial charge < -0.3 is 44.7 Å². The van der Waals surface area contributed by atoms with Crippen molar-refractivity contribution in [3.63, 3.8) is 0 Å². The summed E-state index contributed by atoms with van der Waals surface area (Å²) in [5, 5.41) is 36.1. The molecule has 17 heteroatoms. The zero-order valence-corrected chi connectivity index (χ0v) is 25.2. The van der Waals surface area contributed by atoms with Gasteiger partial charge in [-0.3, -0.25) is 0 Å². The normalized spacial score (nSPS) is 11.2. The first-order valence-electron chi connectivity index (χ1n) is 11.4. The maximum absolute atomic E-state index is 9.75. The molecule has 2 atom stereocenters. The molecule has 0 saturated heterocycles. The summed E-state index contributed by atoms with van der Waals surface area (Å²) < 4.78 is 78.0. The summed E-state index contributed by atoms with van der Waals surface area (Å²) in [5.74, 6) is 0. The van der Waals surface area contributed by atoms with Crippen molar-refractivity contribution in [2.45, 2.75) is 20.3 Å². The number of aliphatic hydroxyl groups is 2. The second kappa shape index (κ2) is 28.9. The van der Waals surface area contributed by atoms with Gasteiger partial charge in [-0.05, 0) is 41.7 Å². The minimum Gasteiger partial charge on any atom is -0.418 e. The molecular formula is C23H32B2F8N2O2P2Pd. The van der Waals surface area contributed by atoms with Crippen LogP contribution in [0.4, 0.5) is 34.5 Å². The number of aliphatic hydroxyl groups excluding tert-OH is 2. The van der Waals surface area contributed by atoms with Gasteiger partial charge >= 0.3 is 34.9 Å². The van der Waals surface area contributed by atoms with Crippen LogP contribution in [0.5, 0.6) is 0 Å². The van der Waals surface area contributed by atoms with Crippen LogP contribution in [-0.2, 0) is 20.4 Å². The second-order valence-electron chi connectivity index (χ2n) is 6.88. The van der Waals surface area contributed by atoms with E-state index in [0.717, 1.165) is 24.6 Å². The Bertz CT molecular complexity index is 823. The van der Waals surface area contributed by atoms with E-state index in [9.17, 15) is 44.7 Å². The molecule has 0 radical (unpaired) electrons. The summed E-state index contributed by atoms with van der Waals surface area (Å²) >= 11 is 0. The van der Waals surface area contributed by atoms with Crippen LogP contribution < -0.4 is 10.6 Å². The molecular weight excluding hydrogens is 678 g/mol. The van der Waals surface area contributed by atoms with E-state index in [-0.39, 0.29) is 49.5 Å². The molecule has 0 spiro atoms. The molecule has 0 amide bonds. The third-order valence-electron chi connectivity index (χ3n) is 3.84. The monoisotopic (exact) mass is 710 g/mol. The first kappa shape index (κ1) is 45.4. The van der Waals surface area contributed by atoms with Crippen molar-refractivity contribution in [2.24, 2.45) is 0 Å². The van der Waals surface area contributed by atoms with E-state index in [0.29, 0.717) is 0 Å². The van der Waals surface area contributed by atoms with Gasteiger partial charge in [-0.15, -0.1) is 0 Å². The van der Waals surface area contributed by atoms with Crippen molar-refractivity contribution in [3.8, 4) is 12.1 Å². The van der Waals surface area contributed by atoms with Crippen LogP contribution in [0.25, 0.3) is 0 Å². The maximum Gasteiger partial charge on any atom is 2.00 e. The van der Waals surface area contributed by atoms with Gasteiger partial charge in [-0.1, -0.05) is 76.5 Å². The van der Waals surface area contributed by atoms with Gasteiger partial charge in [0, 0.05) is 27.1 Å². The van der Waals surface area contributed by atoms with Crippen LogP contribution in [0.2, 0.25) is 0 Å². The molecule has 2 aromatic carbocycles. The van der Waals surface area contributed by atoms with Gasteiger partial charge in [0.25, 0.3) is 0 Å². The summed E-state index contributed by atoms with van der Waals surface area (Å²) in [7, 11) is -12.5. The quantitative estimate of drug-likeness (QED) is 0.165. The Labute approximate surface area is 247 Å². The number of hydrogen-bond donors (Lipinski definition) is 2. The molecule has 0 fully saturated rings. The number of nitrogens with zero attached hydrogens (tertiary/aromatic N) is 2. The van der Waals surface area contributed by atoms with E-state index in [1.807, 2.05) is 12.1 Å². The average Bonchev–Trinajstić information content (AvgIpc) is 2.83. The molecule has 0 bridgehead atoms. The van der Waals surface area contributed by atoms with Crippen LogP contribution in [0, 0.1) is 22.7 Å². The van der Waals surface area contributed by atoms with E-state index < -0.39 is 14.5 Å². The molecule has 40 heavy (non-hydrogen) atoms. The van der Waals surface area contributed by atoms with Crippen molar-refractivity contribution in [1.82, 2.24) is 0 Å². The molecule has 2 unspecified atom stereocenters. The molecule has 4 nitrogen and oxygen atoms in total. The van der Waals surface area contributed by atoms with Crippen molar-refractivity contribution >= 4 is 41.0 Å². The van der Waals surface area contributed by atoms with E-state index >= 15 is 0 Å². The predicted molar refractivity (Wildman–Crippen MR) is 147 cm³/mol. The fourth-order valence-electron chi connectivity index (χ4n) is 2.71. The first-order valence-corrected chi connectivity index (χ1v) is 14.8. The molecule has 0 saturated carbocycles. The summed E-state index contributed by atoms with van der Waals surface area (Å²) in [6, 6.07) is 24.7. The fraction of sp³-hybridized carbons (Fsp3) is 0.391. The topological polar surface area (TPSA) is 88.0 Å². The summed E-state index contributed by atoms with van der Waals surface area (Å²) in [4.78, 5) is 0. The Morgan fingerprint density at radius 2 is 0.825 bits per heavy atom. The smallest absolute Gasteiger partial charge is 0.418 e. The summed E-state index contributed by atoms with van der Waals surface area (Å²) in [6.07, 6.45) is 5.28. The maximum atomic E-state index is 9.75. The van der Waals surface area contributed by atoms with E-state index in [4.69, 9.17) is 10.5 Å².